The van der Waals surface area contributed by atoms with Gasteiger partial charge in [0.25, 0.3) is 0 Å². The van der Waals surface area contributed by atoms with Crippen molar-refractivity contribution in [2.45, 2.75) is 52.4 Å². The van der Waals surface area contributed by atoms with E-state index in [2.05, 4.69) is 20.4 Å². The summed E-state index contributed by atoms with van der Waals surface area (Å²) in [6.45, 7) is 5.45. The first kappa shape index (κ1) is 17.9. The van der Waals surface area contributed by atoms with Crippen LogP contribution in [0.4, 0.5) is 11.7 Å². The zero-order valence-electron chi connectivity index (χ0n) is 21.5. The van der Waals surface area contributed by atoms with Crippen molar-refractivity contribution in [2.24, 2.45) is 0 Å². The second kappa shape index (κ2) is 8.11. The van der Waals surface area contributed by atoms with Gasteiger partial charge in [-0.15, -0.1) is 0 Å². The van der Waals surface area contributed by atoms with Crippen LogP contribution in [0.2, 0.25) is 0 Å². The Morgan fingerprint density at radius 3 is 2.69 bits per heavy atom. The van der Waals surface area contributed by atoms with Crippen LogP contribution in [0.25, 0.3) is 22.2 Å². The molecule has 8 nitrogen and oxygen atoms in total. The number of hydrogen-bond acceptors (Lipinski definition) is 6. The Labute approximate surface area is 191 Å². The third-order valence-electron chi connectivity index (χ3n) is 5.23. The van der Waals surface area contributed by atoms with Crippen LogP contribution in [-0.4, -0.2) is 25.6 Å². The first-order valence-electron chi connectivity index (χ1n) is 11.8. The number of carbonyl (C=O) groups excluding carboxylic acids is 1. The fourth-order valence-corrected chi connectivity index (χ4v) is 3.48. The van der Waals surface area contributed by atoms with Gasteiger partial charge in [-0.3, -0.25) is 10.1 Å². The van der Waals surface area contributed by atoms with Crippen molar-refractivity contribution in [1.82, 2.24) is 19.7 Å². The van der Waals surface area contributed by atoms with Gasteiger partial charge >= 0.3 is 0 Å². The Morgan fingerprint density at radius 1 is 1.28 bits per heavy atom. The zero-order chi connectivity index (χ0) is 25.5. The van der Waals surface area contributed by atoms with Gasteiger partial charge in [0.1, 0.15) is 17.8 Å². The molecule has 1 unspecified atom stereocenters. The van der Waals surface area contributed by atoms with Crippen LogP contribution in [0.15, 0.2) is 47.4 Å². The van der Waals surface area contributed by atoms with E-state index < -0.39 is 12.9 Å². The maximum atomic E-state index is 12.5. The molecule has 4 aromatic rings. The summed E-state index contributed by atoms with van der Waals surface area (Å²) in [5.41, 5.74) is 9.51. The van der Waals surface area contributed by atoms with Gasteiger partial charge in [-0.1, -0.05) is 50.2 Å². The topological polar surface area (TPSA) is 112 Å². The predicted octanol–water partition coefficient (Wildman–Crippen LogP) is 4.73. The lowest BCUT2D eigenvalue weighted by atomic mass is 9.92. The molecule has 1 aromatic carbocycles. The first-order chi connectivity index (χ1) is 16.3. The molecule has 0 saturated carbocycles. The highest BCUT2D eigenvalue weighted by molar-refractivity contribution is 6.00. The average Bonchev–Trinajstić information content (AvgIpc) is 3.39. The molecular formula is C24H28N6O2. The SMILES string of the molecule is [2H]C([2H])([2H])C(C)n1cc(-c2ccc(CC(=O)Nc3cc(C(C)(C)C)no3)cc2)c2c(N)ncnc21. The lowest BCUT2D eigenvalue weighted by Crippen LogP contribution is -2.14. The van der Waals surface area contributed by atoms with Gasteiger partial charge in [0.05, 0.1) is 17.5 Å². The van der Waals surface area contributed by atoms with E-state index in [1.165, 1.54) is 6.33 Å². The van der Waals surface area contributed by atoms with Crippen LogP contribution in [-0.2, 0) is 16.6 Å². The monoisotopic (exact) mass is 435 g/mol. The van der Waals surface area contributed by atoms with E-state index in [-0.39, 0.29) is 23.6 Å². The molecule has 3 heterocycles. The fraction of sp³-hybridized carbons (Fsp3) is 0.333. The Morgan fingerprint density at radius 2 is 2.03 bits per heavy atom. The summed E-state index contributed by atoms with van der Waals surface area (Å²) < 4.78 is 30.3. The number of carbonyl (C=O) groups is 1. The maximum absolute atomic E-state index is 12.5. The van der Waals surface area contributed by atoms with E-state index in [1.807, 2.05) is 45.0 Å². The number of benzene rings is 1. The van der Waals surface area contributed by atoms with Crippen LogP contribution in [0, 0.1) is 0 Å². The number of nitrogens with one attached hydrogen (secondary N) is 1. The molecule has 0 aliphatic heterocycles. The molecule has 32 heavy (non-hydrogen) atoms. The number of fused-ring (bicyclic) bond motifs is 1. The van der Waals surface area contributed by atoms with Crippen molar-refractivity contribution in [2.75, 3.05) is 11.1 Å². The standard InChI is InChI=1S/C24H28N6O2/c1-14(2)30-12-17(21-22(25)26-13-27-23(21)30)16-8-6-15(7-9-16)10-19(31)28-20-11-18(29-32-20)24(3,4)5/h6-9,11-14H,10H2,1-5H3,(H,28,31)(H2,25,26,27)/i1D3. The zero-order valence-corrected chi connectivity index (χ0v) is 18.5. The van der Waals surface area contributed by atoms with Crippen molar-refractivity contribution >= 4 is 28.6 Å². The summed E-state index contributed by atoms with van der Waals surface area (Å²) in [7, 11) is 0. The quantitative estimate of drug-likeness (QED) is 0.469. The summed E-state index contributed by atoms with van der Waals surface area (Å²) in [5.74, 6) is 0.352. The summed E-state index contributed by atoms with van der Waals surface area (Å²) in [6, 6.07) is 8.33. The van der Waals surface area contributed by atoms with E-state index in [4.69, 9.17) is 14.4 Å². The molecule has 0 bridgehead atoms. The van der Waals surface area contributed by atoms with Crippen LogP contribution in [0.5, 0.6) is 0 Å². The van der Waals surface area contributed by atoms with Crippen LogP contribution in [0.1, 0.15) is 56.0 Å². The number of nitrogens with two attached hydrogens (primary N) is 1. The predicted molar refractivity (Wildman–Crippen MR) is 125 cm³/mol. The lowest BCUT2D eigenvalue weighted by molar-refractivity contribution is -0.115. The minimum Gasteiger partial charge on any atom is -0.383 e. The molecule has 8 heteroatoms. The second-order valence-electron chi connectivity index (χ2n) is 8.83. The van der Waals surface area contributed by atoms with Gasteiger partial charge in [-0.05, 0) is 24.9 Å². The van der Waals surface area contributed by atoms with Gasteiger partial charge in [0.15, 0.2) is 0 Å². The summed E-state index contributed by atoms with van der Waals surface area (Å²) in [4.78, 5) is 20.9. The average molecular weight is 436 g/mol. The van der Waals surface area contributed by atoms with E-state index >= 15 is 0 Å². The van der Waals surface area contributed by atoms with Crippen molar-refractivity contribution in [3.63, 3.8) is 0 Å². The number of amides is 1. The van der Waals surface area contributed by atoms with Gasteiger partial charge < -0.3 is 14.8 Å². The maximum Gasteiger partial charge on any atom is 0.231 e. The Kier molecular flexibility index (Phi) is 4.55. The number of anilines is 2. The van der Waals surface area contributed by atoms with Gasteiger partial charge in [0.2, 0.25) is 11.8 Å². The van der Waals surface area contributed by atoms with E-state index in [0.29, 0.717) is 16.9 Å². The minimum atomic E-state index is -2.21. The van der Waals surface area contributed by atoms with E-state index in [9.17, 15) is 4.79 Å². The van der Waals surface area contributed by atoms with Gasteiger partial charge in [-0.2, -0.15) is 0 Å². The molecule has 166 valence electrons. The molecule has 0 spiro atoms. The Bertz CT molecular complexity index is 1370. The van der Waals surface area contributed by atoms with Crippen LogP contribution < -0.4 is 11.1 Å². The Hall–Kier alpha value is -3.68. The highest BCUT2D eigenvalue weighted by Crippen LogP contribution is 2.34. The lowest BCUT2D eigenvalue weighted by Gasteiger charge is -2.12. The molecule has 0 aliphatic rings. The smallest absolute Gasteiger partial charge is 0.231 e. The van der Waals surface area contributed by atoms with E-state index in [0.717, 1.165) is 22.4 Å². The number of rotatable bonds is 5. The first-order valence-corrected chi connectivity index (χ1v) is 10.3. The normalized spacial score (nSPS) is 14.6. The van der Waals surface area contributed by atoms with Gasteiger partial charge in [0, 0.05) is 33.4 Å². The van der Waals surface area contributed by atoms with Gasteiger partial charge in [-0.25, -0.2) is 9.97 Å². The largest absolute Gasteiger partial charge is 0.383 e. The Balaban J connectivity index is 1.56. The minimum absolute atomic E-state index is 0.148. The summed E-state index contributed by atoms with van der Waals surface area (Å²) in [6.07, 6.45) is 3.21. The molecule has 0 aliphatic carbocycles. The third-order valence-corrected chi connectivity index (χ3v) is 5.23. The molecule has 1 atom stereocenters. The highest BCUT2D eigenvalue weighted by Gasteiger charge is 2.20. The number of aromatic nitrogens is 4. The summed E-state index contributed by atoms with van der Waals surface area (Å²) >= 11 is 0. The van der Waals surface area contributed by atoms with Crippen LogP contribution >= 0.6 is 0 Å². The number of nitrogens with zero attached hydrogens (tertiary/aromatic N) is 4. The summed E-state index contributed by atoms with van der Waals surface area (Å²) in [5, 5.41) is 7.33. The highest BCUT2D eigenvalue weighted by atomic mass is 16.5. The van der Waals surface area contributed by atoms with Crippen molar-refractivity contribution in [1.29, 1.82) is 0 Å². The van der Waals surface area contributed by atoms with E-state index in [1.54, 1.807) is 23.8 Å². The molecule has 3 N–H and O–H groups in total. The van der Waals surface area contributed by atoms with Crippen LogP contribution in [0.3, 0.4) is 0 Å². The number of nitrogen functional groups attached to an aromatic ring is 1. The molecule has 3 aromatic heterocycles. The molecule has 1 amide bonds. The number of hydrogen-bond donors (Lipinski definition) is 2. The van der Waals surface area contributed by atoms with Crippen molar-refractivity contribution < 1.29 is 13.4 Å². The molecular weight excluding hydrogens is 404 g/mol. The molecule has 4 rings (SSSR count). The van der Waals surface area contributed by atoms with Crippen molar-refractivity contribution in [3.05, 3.63) is 54.1 Å². The molecule has 0 fully saturated rings. The second-order valence-corrected chi connectivity index (χ2v) is 8.83. The van der Waals surface area contributed by atoms with Crippen molar-refractivity contribution in [3.8, 4) is 11.1 Å². The molecule has 0 radical (unpaired) electrons. The molecule has 0 saturated heterocycles. The third kappa shape index (κ3) is 4.21. The fourth-order valence-electron chi connectivity index (χ4n) is 3.48.